The number of amides is 3. The molecule has 4 rings (SSSR count). The van der Waals surface area contributed by atoms with Crippen molar-refractivity contribution in [1.29, 1.82) is 0 Å². The van der Waals surface area contributed by atoms with Crippen molar-refractivity contribution in [3.05, 3.63) is 18.2 Å². The number of ether oxygens (including phenoxy) is 2. The predicted octanol–water partition coefficient (Wildman–Crippen LogP) is 2.40. The van der Waals surface area contributed by atoms with E-state index in [-0.39, 0.29) is 42.6 Å². The maximum absolute atomic E-state index is 13.0. The van der Waals surface area contributed by atoms with Gasteiger partial charge in [0.25, 0.3) is 0 Å². The van der Waals surface area contributed by atoms with Gasteiger partial charge in [-0.05, 0) is 37.3 Å². The average molecular weight is 444 g/mol. The van der Waals surface area contributed by atoms with Gasteiger partial charge in [0.2, 0.25) is 17.7 Å². The van der Waals surface area contributed by atoms with E-state index in [2.05, 4.69) is 10.6 Å². The van der Waals surface area contributed by atoms with Crippen molar-refractivity contribution in [1.82, 2.24) is 10.6 Å². The van der Waals surface area contributed by atoms with E-state index >= 15 is 0 Å². The number of carbonyl (C=O) groups excluding carboxylic acids is 3. The lowest BCUT2D eigenvalue weighted by molar-refractivity contribution is -0.132. The summed E-state index contributed by atoms with van der Waals surface area (Å²) in [5, 5.41) is 6.03. The first-order chi connectivity index (χ1) is 15.4. The van der Waals surface area contributed by atoms with Crippen molar-refractivity contribution in [2.24, 2.45) is 11.8 Å². The molecule has 0 aromatic heterocycles. The van der Waals surface area contributed by atoms with Crippen molar-refractivity contribution in [2.75, 3.05) is 24.7 Å². The Morgan fingerprint density at radius 3 is 2.56 bits per heavy atom. The number of nitrogens with zero attached hydrogens (tertiary/aromatic N) is 1. The van der Waals surface area contributed by atoms with Crippen molar-refractivity contribution in [3.63, 3.8) is 0 Å². The highest BCUT2D eigenvalue weighted by atomic mass is 16.6. The summed E-state index contributed by atoms with van der Waals surface area (Å²) in [6, 6.07) is 5.00. The van der Waals surface area contributed by atoms with Crippen molar-refractivity contribution >= 4 is 23.4 Å². The van der Waals surface area contributed by atoms with Crippen molar-refractivity contribution in [3.8, 4) is 11.5 Å². The highest BCUT2D eigenvalue weighted by Crippen LogP contribution is 2.36. The van der Waals surface area contributed by atoms with E-state index in [1.165, 1.54) is 0 Å². The fraction of sp³-hybridized carbons (Fsp3) is 0.625. The molecule has 0 spiro atoms. The lowest BCUT2D eigenvalue weighted by Gasteiger charge is -2.24. The molecule has 3 aliphatic rings. The standard InChI is InChI=1S/C24H33N3O5/c1-15(2)11-19(24(30)25-17-5-3-4-6-17)26-23(29)16-12-22(28)27(14-16)18-7-8-20-21(13-18)32-10-9-31-20/h7-8,13,15-17,19H,3-6,9-12,14H2,1-2H3,(H,25,30)(H,26,29)/t16-,19-/m0/s1. The Morgan fingerprint density at radius 2 is 1.84 bits per heavy atom. The Balaban J connectivity index is 1.39. The Labute approximate surface area is 189 Å². The molecule has 3 amide bonds. The normalized spacial score (nSPS) is 21.7. The molecule has 2 heterocycles. The molecule has 1 saturated carbocycles. The quantitative estimate of drug-likeness (QED) is 0.675. The smallest absolute Gasteiger partial charge is 0.242 e. The van der Waals surface area contributed by atoms with E-state index in [1.807, 2.05) is 19.9 Å². The zero-order chi connectivity index (χ0) is 22.7. The lowest BCUT2D eigenvalue weighted by atomic mass is 10.0. The number of hydrogen-bond acceptors (Lipinski definition) is 5. The van der Waals surface area contributed by atoms with Crippen LogP contribution in [0.5, 0.6) is 11.5 Å². The van der Waals surface area contributed by atoms with Crippen LogP contribution < -0.4 is 25.0 Å². The van der Waals surface area contributed by atoms with E-state index in [0.717, 1.165) is 25.7 Å². The second-order valence-corrected chi connectivity index (χ2v) is 9.41. The number of rotatable bonds is 7. The Hall–Kier alpha value is -2.77. The van der Waals surface area contributed by atoms with Crippen LogP contribution in [-0.2, 0) is 14.4 Å². The maximum Gasteiger partial charge on any atom is 0.242 e. The third-order valence-corrected chi connectivity index (χ3v) is 6.37. The molecule has 8 nitrogen and oxygen atoms in total. The fourth-order valence-corrected chi connectivity index (χ4v) is 4.70. The molecule has 2 fully saturated rings. The predicted molar refractivity (Wildman–Crippen MR) is 120 cm³/mol. The topological polar surface area (TPSA) is 97.0 Å². The molecule has 1 aromatic rings. The minimum Gasteiger partial charge on any atom is -0.486 e. The first-order valence-electron chi connectivity index (χ1n) is 11.7. The van der Waals surface area contributed by atoms with Crippen LogP contribution in [0.4, 0.5) is 5.69 Å². The number of carbonyl (C=O) groups is 3. The summed E-state index contributed by atoms with van der Waals surface area (Å²) in [6.45, 7) is 5.32. The highest BCUT2D eigenvalue weighted by molar-refractivity contribution is 6.01. The Kier molecular flexibility index (Phi) is 6.86. The molecular weight excluding hydrogens is 410 g/mol. The second-order valence-electron chi connectivity index (χ2n) is 9.41. The first-order valence-corrected chi connectivity index (χ1v) is 11.7. The van der Waals surface area contributed by atoms with Crippen LogP contribution in [0.25, 0.3) is 0 Å². The van der Waals surface area contributed by atoms with Gasteiger partial charge in [-0.25, -0.2) is 0 Å². The molecule has 1 saturated heterocycles. The average Bonchev–Trinajstić information content (AvgIpc) is 3.42. The summed E-state index contributed by atoms with van der Waals surface area (Å²) in [7, 11) is 0. The van der Waals surface area contributed by atoms with Crippen LogP contribution in [0.3, 0.4) is 0 Å². The zero-order valence-corrected chi connectivity index (χ0v) is 18.9. The first kappa shape index (κ1) is 22.4. The number of hydrogen-bond donors (Lipinski definition) is 2. The molecular formula is C24H33N3O5. The van der Waals surface area contributed by atoms with Gasteiger partial charge in [-0.15, -0.1) is 0 Å². The van der Waals surface area contributed by atoms with E-state index in [0.29, 0.717) is 36.8 Å². The molecule has 0 unspecified atom stereocenters. The number of fused-ring (bicyclic) bond motifs is 1. The van der Waals surface area contributed by atoms with Gasteiger partial charge in [0, 0.05) is 30.8 Å². The molecule has 2 N–H and O–H groups in total. The monoisotopic (exact) mass is 443 g/mol. The van der Waals surface area contributed by atoms with Gasteiger partial charge < -0.3 is 25.0 Å². The van der Waals surface area contributed by atoms with E-state index in [9.17, 15) is 14.4 Å². The van der Waals surface area contributed by atoms with Crippen LogP contribution in [0, 0.1) is 11.8 Å². The summed E-state index contributed by atoms with van der Waals surface area (Å²) in [6.07, 6.45) is 4.94. The molecule has 2 atom stereocenters. The third kappa shape index (κ3) is 5.16. The minimum atomic E-state index is -0.582. The Morgan fingerprint density at radius 1 is 1.12 bits per heavy atom. The minimum absolute atomic E-state index is 0.113. The summed E-state index contributed by atoms with van der Waals surface area (Å²) in [4.78, 5) is 40.2. The summed E-state index contributed by atoms with van der Waals surface area (Å²) in [5.41, 5.74) is 0.687. The third-order valence-electron chi connectivity index (χ3n) is 6.37. The van der Waals surface area contributed by atoms with Crippen LogP contribution >= 0.6 is 0 Å². The molecule has 174 valence electrons. The van der Waals surface area contributed by atoms with Gasteiger partial charge in [0.05, 0.1) is 5.92 Å². The van der Waals surface area contributed by atoms with Gasteiger partial charge in [0.1, 0.15) is 19.3 Å². The molecule has 2 aliphatic heterocycles. The largest absolute Gasteiger partial charge is 0.486 e. The van der Waals surface area contributed by atoms with Gasteiger partial charge in [-0.1, -0.05) is 26.7 Å². The lowest BCUT2D eigenvalue weighted by Crippen LogP contribution is -2.51. The van der Waals surface area contributed by atoms with Gasteiger partial charge >= 0.3 is 0 Å². The van der Waals surface area contributed by atoms with Gasteiger partial charge in [0.15, 0.2) is 11.5 Å². The van der Waals surface area contributed by atoms with Crippen LogP contribution in [0.15, 0.2) is 18.2 Å². The van der Waals surface area contributed by atoms with Crippen LogP contribution in [0.1, 0.15) is 52.4 Å². The number of anilines is 1. The van der Waals surface area contributed by atoms with Crippen molar-refractivity contribution < 1.29 is 23.9 Å². The summed E-state index contributed by atoms with van der Waals surface area (Å²) in [5.74, 6) is 0.551. The number of benzene rings is 1. The molecule has 8 heteroatoms. The van der Waals surface area contributed by atoms with Crippen LogP contribution in [-0.4, -0.2) is 49.6 Å². The zero-order valence-electron chi connectivity index (χ0n) is 18.9. The second kappa shape index (κ2) is 9.79. The molecule has 0 bridgehead atoms. The molecule has 32 heavy (non-hydrogen) atoms. The fourth-order valence-electron chi connectivity index (χ4n) is 4.70. The Bertz CT molecular complexity index is 865. The van der Waals surface area contributed by atoms with E-state index in [4.69, 9.17) is 9.47 Å². The molecule has 0 radical (unpaired) electrons. The van der Waals surface area contributed by atoms with E-state index < -0.39 is 12.0 Å². The van der Waals surface area contributed by atoms with Crippen LogP contribution in [0.2, 0.25) is 0 Å². The SMILES string of the molecule is CC(C)C[C@H](NC(=O)[C@H]1CC(=O)N(c2ccc3c(c2)OCCO3)C1)C(=O)NC1CCCC1. The number of nitrogens with one attached hydrogen (secondary N) is 2. The van der Waals surface area contributed by atoms with Crippen molar-refractivity contribution in [2.45, 2.75) is 64.5 Å². The molecule has 1 aromatic carbocycles. The molecule has 1 aliphatic carbocycles. The van der Waals surface area contributed by atoms with Gasteiger partial charge in [-0.2, -0.15) is 0 Å². The van der Waals surface area contributed by atoms with E-state index in [1.54, 1.807) is 17.0 Å². The van der Waals surface area contributed by atoms with Gasteiger partial charge in [-0.3, -0.25) is 14.4 Å². The summed E-state index contributed by atoms with van der Waals surface area (Å²) >= 11 is 0. The maximum atomic E-state index is 13.0. The summed E-state index contributed by atoms with van der Waals surface area (Å²) < 4.78 is 11.2. The highest BCUT2D eigenvalue weighted by Gasteiger charge is 2.37.